The predicted octanol–water partition coefficient (Wildman–Crippen LogP) is 2.57. The number of fused-ring (bicyclic) bond motifs is 1. The summed E-state index contributed by atoms with van der Waals surface area (Å²) in [6, 6.07) is 5.92. The van der Waals surface area contributed by atoms with E-state index in [9.17, 15) is 21.6 Å². The molecule has 0 fully saturated rings. The zero-order valence-corrected chi connectivity index (χ0v) is 14.0. The summed E-state index contributed by atoms with van der Waals surface area (Å²) in [4.78, 5) is 5.48. The number of aromatic nitrogens is 1. The van der Waals surface area contributed by atoms with Crippen LogP contribution >= 0.6 is 0 Å². The van der Waals surface area contributed by atoms with E-state index in [1.54, 1.807) is 0 Å². The second-order valence-electron chi connectivity index (χ2n) is 5.32. The molecule has 0 radical (unpaired) electrons. The van der Waals surface area contributed by atoms with E-state index in [2.05, 4.69) is 15.2 Å². The highest BCUT2D eigenvalue weighted by atomic mass is 32.2. The number of halogens is 3. The van der Waals surface area contributed by atoms with Gasteiger partial charge in [0.1, 0.15) is 5.82 Å². The van der Waals surface area contributed by atoms with Crippen molar-refractivity contribution < 1.29 is 31.1 Å². The van der Waals surface area contributed by atoms with E-state index < -0.39 is 21.8 Å². The first-order valence-corrected chi connectivity index (χ1v) is 8.95. The van der Waals surface area contributed by atoms with Crippen molar-refractivity contribution in [3.63, 3.8) is 0 Å². The fraction of sp³-hybridized carbons (Fsp3) is 0.267. The molecule has 11 heteroatoms. The van der Waals surface area contributed by atoms with Gasteiger partial charge in [0.05, 0.1) is 23.7 Å². The Balaban J connectivity index is 1.72. The molecule has 0 unspecified atom stereocenters. The average molecular weight is 389 g/mol. The number of sulfonamides is 1. The van der Waals surface area contributed by atoms with Crippen LogP contribution in [-0.2, 0) is 16.2 Å². The van der Waals surface area contributed by atoms with Gasteiger partial charge in [-0.3, -0.25) is 5.43 Å². The number of nitrogens with one attached hydrogen (secondary N) is 2. The van der Waals surface area contributed by atoms with Crippen LogP contribution in [0.2, 0.25) is 0 Å². The summed E-state index contributed by atoms with van der Waals surface area (Å²) in [5.41, 5.74) is 1.33. The Morgan fingerprint density at radius 2 is 1.77 bits per heavy atom. The topological polar surface area (TPSA) is 89.6 Å². The highest BCUT2D eigenvalue weighted by Gasteiger charge is 2.30. The van der Waals surface area contributed by atoms with E-state index in [0.29, 0.717) is 37.3 Å². The molecule has 3 rings (SSSR count). The molecule has 2 N–H and O–H groups in total. The van der Waals surface area contributed by atoms with Crippen LogP contribution < -0.4 is 19.7 Å². The molecule has 140 valence electrons. The molecule has 0 bridgehead atoms. The Morgan fingerprint density at radius 3 is 2.42 bits per heavy atom. The van der Waals surface area contributed by atoms with Crippen LogP contribution in [0.1, 0.15) is 12.0 Å². The van der Waals surface area contributed by atoms with Crippen molar-refractivity contribution in [2.24, 2.45) is 0 Å². The first kappa shape index (κ1) is 18.3. The summed E-state index contributed by atoms with van der Waals surface area (Å²) in [6.45, 7) is 0.871. The minimum Gasteiger partial charge on any atom is -0.490 e. The fourth-order valence-electron chi connectivity index (χ4n) is 2.12. The Labute approximate surface area is 147 Å². The maximum absolute atomic E-state index is 12.5. The van der Waals surface area contributed by atoms with E-state index >= 15 is 0 Å². The molecule has 7 nitrogen and oxygen atoms in total. The number of pyridine rings is 1. The number of alkyl halides is 3. The lowest BCUT2D eigenvalue weighted by Gasteiger charge is -2.12. The van der Waals surface area contributed by atoms with Gasteiger partial charge in [0.2, 0.25) is 0 Å². The number of benzene rings is 1. The van der Waals surface area contributed by atoms with Crippen molar-refractivity contribution in [3.05, 3.63) is 42.1 Å². The van der Waals surface area contributed by atoms with Crippen molar-refractivity contribution in [2.45, 2.75) is 17.5 Å². The van der Waals surface area contributed by atoms with Gasteiger partial charge in [0.15, 0.2) is 11.5 Å². The molecule has 2 heterocycles. The Hall–Kier alpha value is -2.53. The van der Waals surface area contributed by atoms with Crippen molar-refractivity contribution in [2.75, 3.05) is 18.6 Å². The number of hydrazine groups is 1. The van der Waals surface area contributed by atoms with E-state index in [-0.39, 0.29) is 10.7 Å². The lowest BCUT2D eigenvalue weighted by Crippen LogP contribution is -2.30. The van der Waals surface area contributed by atoms with Gasteiger partial charge in [-0.2, -0.15) is 13.2 Å². The van der Waals surface area contributed by atoms with Crippen molar-refractivity contribution in [1.29, 1.82) is 0 Å². The molecule has 0 atom stereocenters. The third-order valence-corrected chi connectivity index (χ3v) is 4.68. The third-order valence-electron chi connectivity index (χ3n) is 3.43. The SMILES string of the molecule is O=S(=O)(NNc1ccc(C(F)(F)F)cn1)c1ccc2c(c1)OCCCO2. The highest BCUT2D eigenvalue weighted by Crippen LogP contribution is 2.32. The highest BCUT2D eigenvalue weighted by molar-refractivity contribution is 7.89. The second-order valence-corrected chi connectivity index (χ2v) is 7.00. The van der Waals surface area contributed by atoms with Gasteiger partial charge in [-0.15, -0.1) is 4.83 Å². The van der Waals surface area contributed by atoms with Crippen LogP contribution in [0.5, 0.6) is 11.5 Å². The smallest absolute Gasteiger partial charge is 0.417 e. The number of anilines is 1. The van der Waals surface area contributed by atoms with E-state index in [1.807, 2.05) is 0 Å². The molecule has 0 spiro atoms. The largest absolute Gasteiger partial charge is 0.490 e. The normalized spacial score (nSPS) is 14.6. The number of hydrogen-bond acceptors (Lipinski definition) is 6. The average Bonchev–Trinajstić information content (AvgIpc) is 2.84. The minimum absolute atomic E-state index is 0.0871. The van der Waals surface area contributed by atoms with Crippen LogP contribution in [0, 0.1) is 0 Å². The molecule has 0 saturated carbocycles. The van der Waals surface area contributed by atoms with E-state index in [0.717, 1.165) is 12.1 Å². The van der Waals surface area contributed by atoms with Crippen LogP contribution in [0.25, 0.3) is 0 Å². The lowest BCUT2D eigenvalue weighted by atomic mass is 10.3. The molecule has 0 amide bonds. The molecule has 26 heavy (non-hydrogen) atoms. The molecule has 0 saturated heterocycles. The zero-order chi connectivity index (χ0) is 18.8. The van der Waals surface area contributed by atoms with Crippen molar-refractivity contribution in [1.82, 2.24) is 9.82 Å². The predicted molar refractivity (Wildman–Crippen MR) is 85.2 cm³/mol. The van der Waals surface area contributed by atoms with Crippen LogP contribution in [0.4, 0.5) is 19.0 Å². The summed E-state index contributed by atoms with van der Waals surface area (Å²) < 4.78 is 73.0. The maximum Gasteiger partial charge on any atom is 0.417 e. The van der Waals surface area contributed by atoms with Gasteiger partial charge in [-0.05, 0) is 24.3 Å². The third kappa shape index (κ3) is 4.17. The molecule has 0 aliphatic carbocycles. The molecule has 1 aromatic heterocycles. The van der Waals surface area contributed by atoms with Gasteiger partial charge in [0.25, 0.3) is 10.0 Å². The lowest BCUT2D eigenvalue weighted by molar-refractivity contribution is -0.137. The van der Waals surface area contributed by atoms with Gasteiger partial charge in [-0.25, -0.2) is 13.4 Å². The first-order chi connectivity index (χ1) is 12.3. The summed E-state index contributed by atoms with van der Waals surface area (Å²) in [7, 11) is -4.00. The van der Waals surface area contributed by atoms with Crippen molar-refractivity contribution >= 4 is 15.8 Å². The van der Waals surface area contributed by atoms with E-state index in [1.165, 1.54) is 18.2 Å². The fourth-order valence-corrected chi connectivity index (χ4v) is 2.99. The summed E-state index contributed by atoms with van der Waals surface area (Å²) >= 11 is 0. The van der Waals surface area contributed by atoms with Gasteiger partial charge in [-0.1, -0.05) is 0 Å². The Kier molecular flexibility index (Phi) is 4.92. The Bertz CT molecular complexity index is 886. The molecule has 2 aromatic rings. The van der Waals surface area contributed by atoms with Gasteiger partial charge >= 0.3 is 6.18 Å². The van der Waals surface area contributed by atoms with Gasteiger partial charge < -0.3 is 9.47 Å². The number of nitrogens with zero attached hydrogens (tertiary/aromatic N) is 1. The van der Waals surface area contributed by atoms with Gasteiger partial charge in [0, 0.05) is 18.7 Å². The van der Waals surface area contributed by atoms with Crippen LogP contribution in [-0.4, -0.2) is 26.6 Å². The zero-order valence-electron chi connectivity index (χ0n) is 13.2. The first-order valence-electron chi connectivity index (χ1n) is 7.46. The Morgan fingerprint density at radius 1 is 1.04 bits per heavy atom. The minimum atomic E-state index is -4.52. The molecular weight excluding hydrogens is 375 g/mol. The van der Waals surface area contributed by atoms with Crippen molar-refractivity contribution in [3.8, 4) is 11.5 Å². The maximum atomic E-state index is 12.5. The summed E-state index contributed by atoms with van der Waals surface area (Å²) in [5.74, 6) is 0.660. The van der Waals surface area contributed by atoms with Crippen LogP contribution in [0.3, 0.4) is 0 Å². The number of ether oxygens (including phenoxy) is 2. The van der Waals surface area contributed by atoms with Crippen LogP contribution in [0.15, 0.2) is 41.4 Å². The molecule has 1 aliphatic rings. The second kappa shape index (κ2) is 7.00. The monoisotopic (exact) mass is 389 g/mol. The number of hydrogen-bond donors (Lipinski definition) is 2. The molecule has 1 aliphatic heterocycles. The van der Waals surface area contributed by atoms with E-state index in [4.69, 9.17) is 9.47 Å². The standard InChI is InChI=1S/C15H14F3N3O4S/c16-15(17,18)10-2-5-14(19-9-10)20-21-26(22,23)11-3-4-12-13(8-11)25-7-1-6-24-12/h2-5,8-9,21H,1,6-7H2,(H,19,20). The molecular formula is C15H14F3N3O4S. The summed E-state index contributed by atoms with van der Waals surface area (Å²) in [6.07, 6.45) is -3.24. The number of rotatable bonds is 4. The quantitative estimate of drug-likeness (QED) is 0.782. The molecule has 1 aromatic carbocycles. The summed E-state index contributed by atoms with van der Waals surface area (Å²) in [5, 5.41) is 0.